The molecular weight excluding hydrogens is 479 g/mol. The van der Waals surface area contributed by atoms with Crippen LogP contribution >= 0.6 is 11.6 Å². The van der Waals surface area contributed by atoms with Crippen molar-refractivity contribution < 1.29 is 22.3 Å². The van der Waals surface area contributed by atoms with Gasteiger partial charge in [-0.15, -0.1) is 0 Å². The third-order valence-electron chi connectivity index (χ3n) is 7.17. The van der Waals surface area contributed by atoms with Gasteiger partial charge in [0, 0.05) is 32.2 Å². The van der Waals surface area contributed by atoms with E-state index in [-0.39, 0.29) is 18.3 Å². The Morgan fingerprint density at radius 3 is 1.86 bits per heavy atom. The maximum absolute atomic E-state index is 13.8. The van der Waals surface area contributed by atoms with Crippen molar-refractivity contribution in [3.63, 3.8) is 0 Å². The molecule has 1 N–H and O–H groups in total. The molecule has 4 nitrogen and oxygen atoms in total. The Balaban J connectivity index is 0.00000342. The molecule has 0 unspecified atom stereocenters. The van der Waals surface area contributed by atoms with E-state index in [0.717, 1.165) is 36.3 Å². The van der Waals surface area contributed by atoms with Gasteiger partial charge in [-0.3, -0.25) is 4.79 Å². The van der Waals surface area contributed by atoms with Gasteiger partial charge in [0.25, 0.3) is 0 Å². The zero-order valence-corrected chi connectivity index (χ0v) is 21.8. The molecular formula is C29H33Cl2N2O2-. The first kappa shape index (κ1) is 27.2. The van der Waals surface area contributed by atoms with Gasteiger partial charge in [-0.05, 0) is 54.6 Å². The number of likely N-dealkylation sites (tertiary alicyclic amines) is 1. The molecule has 4 rings (SSSR count). The van der Waals surface area contributed by atoms with Crippen LogP contribution in [0.15, 0.2) is 84.9 Å². The van der Waals surface area contributed by atoms with Crippen LogP contribution in [0.1, 0.15) is 36.0 Å². The van der Waals surface area contributed by atoms with E-state index in [4.69, 9.17) is 11.6 Å². The molecule has 0 radical (unpaired) electrons. The number of halogens is 2. The van der Waals surface area contributed by atoms with E-state index < -0.39 is 11.0 Å². The summed E-state index contributed by atoms with van der Waals surface area (Å²) >= 11 is 6.03. The highest BCUT2D eigenvalue weighted by molar-refractivity contribution is 6.30. The van der Waals surface area contributed by atoms with Gasteiger partial charge in [-0.1, -0.05) is 84.4 Å². The predicted octanol–water partition coefficient (Wildman–Crippen LogP) is 2.09. The number of piperidine rings is 1. The minimum Gasteiger partial charge on any atom is -1.00 e. The number of benzene rings is 3. The third kappa shape index (κ3) is 5.73. The Hall–Kier alpha value is -2.37. The fourth-order valence-corrected chi connectivity index (χ4v) is 5.28. The second-order valence-corrected chi connectivity index (χ2v) is 9.90. The van der Waals surface area contributed by atoms with Crippen molar-refractivity contribution >= 4 is 17.5 Å². The highest BCUT2D eigenvalue weighted by Gasteiger charge is 2.43. The van der Waals surface area contributed by atoms with Crippen LogP contribution < -0.4 is 12.4 Å². The molecule has 1 fully saturated rings. The van der Waals surface area contributed by atoms with Crippen molar-refractivity contribution in [2.24, 2.45) is 0 Å². The summed E-state index contributed by atoms with van der Waals surface area (Å²) in [5.74, 6) is 0.0829. The monoisotopic (exact) mass is 511 g/mol. The first-order valence-electron chi connectivity index (χ1n) is 11.9. The topological polar surface area (TPSA) is 43.8 Å². The molecule has 6 heteroatoms. The Kier molecular flexibility index (Phi) is 9.00. The molecule has 0 aliphatic carbocycles. The Morgan fingerprint density at radius 1 is 0.914 bits per heavy atom. The first-order valence-corrected chi connectivity index (χ1v) is 12.3. The lowest BCUT2D eigenvalue weighted by Gasteiger charge is -2.41. The molecule has 35 heavy (non-hydrogen) atoms. The van der Waals surface area contributed by atoms with Crippen LogP contribution in [-0.4, -0.2) is 54.5 Å². The lowest BCUT2D eigenvalue weighted by atomic mass is 9.70. The molecule has 1 aliphatic heterocycles. The lowest BCUT2D eigenvalue weighted by molar-refractivity contribution is -0.133. The summed E-state index contributed by atoms with van der Waals surface area (Å²) in [6, 6.07) is 27.7. The number of carbonyl (C=O) groups is 1. The first-order chi connectivity index (χ1) is 16.3. The molecule has 1 heterocycles. The van der Waals surface area contributed by atoms with Crippen LogP contribution in [-0.2, 0) is 15.8 Å². The quantitative estimate of drug-likeness (QED) is 0.528. The molecule has 0 atom stereocenters. The average molecular weight is 513 g/mol. The van der Waals surface area contributed by atoms with Crippen molar-refractivity contribution in [1.29, 1.82) is 0 Å². The van der Waals surface area contributed by atoms with Crippen molar-refractivity contribution in [3.05, 3.63) is 107 Å². The van der Waals surface area contributed by atoms with Crippen LogP contribution in [0.5, 0.6) is 0 Å². The molecule has 1 aliphatic rings. The number of rotatable bonds is 7. The van der Waals surface area contributed by atoms with Crippen LogP contribution in [0.2, 0.25) is 5.02 Å². The molecule has 0 spiro atoms. The number of aliphatic hydroxyl groups is 1. The van der Waals surface area contributed by atoms with Gasteiger partial charge in [-0.25, -0.2) is 0 Å². The van der Waals surface area contributed by atoms with Crippen molar-refractivity contribution in [2.45, 2.75) is 30.3 Å². The predicted molar refractivity (Wildman–Crippen MR) is 138 cm³/mol. The Bertz CT molecular complexity index is 1040. The summed E-state index contributed by atoms with van der Waals surface area (Å²) in [6.07, 6.45) is 1.97. The fourth-order valence-electron chi connectivity index (χ4n) is 5.16. The standard InChI is InChI=1S/C29H33ClN2O2.ClH/c1-31(2)27(33)29(24-9-5-3-6-10-24,25-11-7-4-8-12-25)19-22-32-20-17-28(34,18-21-32)23-13-15-26(30)16-14-23;/h3-16,34H,17-22H2,1-2H3;1H/p-1. The molecule has 186 valence electrons. The largest absolute Gasteiger partial charge is 1.00 e. The van der Waals surface area contributed by atoms with E-state index in [1.54, 1.807) is 4.90 Å². The van der Waals surface area contributed by atoms with Gasteiger partial charge in [0.2, 0.25) is 5.91 Å². The number of likely N-dealkylation sites (N-methyl/N-ethyl adjacent to an activating group) is 1. The van der Waals surface area contributed by atoms with Crippen molar-refractivity contribution in [2.75, 3.05) is 33.7 Å². The van der Waals surface area contributed by atoms with Crippen molar-refractivity contribution in [1.82, 2.24) is 9.80 Å². The normalized spacial score (nSPS) is 15.8. The van der Waals surface area contributed by atoms with Crippen LogP contribution in [0.3, 0.4) is 0 Å². The van der Waals surface area contributed by atoms with Gasteiger partial charge < -0.3 is 27.3 Å². The summed E-state index contributed by atoms with van der Waals surface area (Å²) in [4.78, 5) is 17.9. The van der Waals surface area contributed by atoms with E-state index in [9.17, 15) is 9.90 Å². The molecule has 1 amide bonds. The minimum absolute atomic E-state index is 0. The molecule has 3 aromatic carbocycles. The third-order valence-corrected chi connectivity index (χ3v) is 7.42. The molecule has 0 bridgehead atoms. The highest BCUT2D eigenvalue weighted by atomic mass is 35.5. The number of nitrogens with zero attached hydrogens (tertiary/aromatic N) is 2. The van der Waals surface area contributed by atoms with E-state index >= 15 is 0 Å². The zero-order chi connectivity index (χ0) is 24.2. The summed E-state index contributed by atoms with van der Waals surface area (Å²) in [5.41, 5.74) is 1.33. The zero-order valence-electron chi connectivity index (χ0n) is 20.3. The Morgan fingerprint density at radius 2 is 1.40 bits per heavy atom. The van der Waals surface area contributed by atoms with E-state index in [2.05, 4.69) is 29.2 Å². The summed E-state index contributed by atoms with van der Waals surface area (Å²) in [7, 11) is 3.66. The van der Waals surface area contributed by atoms with Crippen LogP contribution in [0, 0.1) is 0 Å². The Labute approximate surface area is 219 Å². The van der Waals surface area contributed by atoms with Crippen LogP contribution in [0.4, 0.5) is 0 Å². The SMILES string of the molecule is CN(C)C(=O)C(CCN1CCC(O)(c2ccc(Cl)cc2)CC1)(c1ccccc1)c1ccccc1.[Cl-]. The maximum atomic E-state index is 13.8. The lowest BCUT2D eigenvalue weighted by Crippen LogP contribution is -3.00. The fraction of sp³-hybridized carbons (Fsp3) is 0.345. The second kappa shape index (κ2) is 11.6. The number of carbonyl (C=O) groups excluding carboxylic acids is 1. The van der Waals surface area contributed by atoms with Crippen molar-refractivity contribution in [3.8, 4) is 0 Å². The van der Waals surface area contributed by atoms with Gasteiger partial charge in [0.1, 0.15) is 5.41 Å². The van der Waals surface area contributed by atoms with E-state index in [1.807, 2.05) is 74.8 Å². The number of amides is 1. The van der Waals surface area contributed by atoms with Gasteiger partial charge in [-0.2, -0.15) is 0 Å². The van der Waals surface area contributed by atoms with Crippen LogP contribution in [0.25, 0.3) is 0 Å². The molecule has 0 saturated carbocycles. The maximum Gasteiger partial charge on any atom is 0.237 e. The van der Waals surface area contributed by atoms with E-state index in [1.165, 1.54) is 0 Å². The molecule has 1 saturated heterocycles. The molecule has 3 aromatic rings. The van der Waals surface area contributed by atoms with Gasteiger partial charge >= 0.3 is 0 Å². The average Bonchev–Trinajstić information content (AvgIpc) is 2.87. The van der Waals surface area contributed by atoms with Gasteiger partial charge in [0.15, 0.2) is 0 Å². The summed E-state index contributed by atoms with van der Waals surface area (Å²) < 4.78 is 0. The smallest absolute Gasteiger partial charge is 0.237 e. The minimum atomic E-state index is -0.837. The second-order valence-electron chi connectivity index (χ2n) is 9.47. The van der Waals surface area contributed by atoms with E-state index in [0.29, 0.717) is 24.3 Å². The summed E-state index contributed by atoms with van der Waals surface area (Å²) in [6.45, 7) is 2.31. The highest BCUT2D eigenvalue weighted by Crippen LogP contribution is 2.39. The number of hydrogen-bond donors (Lipinski definition) is 1. The molecule has 0 aromatic heterocycles. The number of hydrogen-bond acceptors (Lipinski definition) is 3. The summed E-state index contributed by atoms with van der Waals surface area (Å²) in [5, 5.41) is 11.9. The van der Waals surface area contributed by atoms with Gasteiger partial charge in [0.05, 0.1) is 5.60 Å².